The molecule has 398 valence electrons. The molecule has 15 nitrogen and oxygen atoms in total. The Balaban J connectivity index is 1.29. The van der Waals surface area contributed by atoms with E-state index in [9.17, 15) is 39.6 Å². The van der Waals surface area contributed by atoms with E-state index < -0.39 is 48.3 Å². The van der Waals surface area contributed by atoms with Crippen molar-refractivity contribution in [2.75, 3.05) is 46.2 Å². The Morgan fingerprint density at radius 2 is 0.554 bits per heavy atom. The summed E-state index contributed by atoms with van der Waals surface area (Å²) >= 11 is 0. The maximum absolute atomic E-state index is 13.3. The first-order valence-electron chi connectivity index (χ1n) is 25.7. The van der Waals surface area contributed by atoms with Gasteiger partial charge in [0.1, 0.15) is 0 Å². The Morgan fingerprint density at radius 3 is 0.770 bits per heavy atom. The van der Waals surface area contributed by atoms with Crippen molar-refractivity contribution in [2.24, 2.45) is 0 Å². The summed E-state index contributed by atoms with van der Waals surface area (Å²) in [4.78, 5) is 53.0. The van der Waals surface area contributed by atoms with Crippen molar-refractivity contribution < 1.29 is 73.9 Å². The quantitative estimate of drug-likeness (QED) is 0.0121. The van der Waals surface area contributed by atoms with Crippen molar-refractivity contribution >= 4 is 23.9 Å². The number of carbonyl (C=O) groups is 4. The minimum Gasteiger partial charge on any atom is -0.462 e. The molecule has 4 atom stereocenters. The average Bonchev–Trinajstić information content (AvgIpc) is 3.43. The normalized spacial score (nSPS) is 12.9. The summed E-state index contributed by atoms with van der Waals surface area (Å²) in [6.45, 7) is 1.34. The Labute approximate surface area is 433 Å². The second-order valence-corrected chi connectivity index (χ2v) is 18.4. The Morgan fingerprint density at radius 1 is 0.338 bits per heavy atom. The zero-order valence-electron chi connectivity index (χ0n) is 42.2. The van der Waals surface area contributed by atoms with Crippen LogP contribution in [0.5, 0.6) is 0 Å². The molecule has 0 saturated carbocycles. The Hall–Kier alpha value is -6.30. The molecule has 0 aliphatic carbocycles. The first kappa shape index (κ1) is 58.6. The van der Waals surface area contributed by atoms with E-state index in [4.69, 9.17) is 34.3 Å². The molecule has 5 rings (SSSR count). The number of aliphatic hydroxyl groups is 7. The summed E-state index contributed by atoms with van der Waals surface area (Å²) in [5, 5.41) is 65.9. The van der Waals surface area contributed by atoms with Crippen LogP contribution in [0.1, 0.15) is 132 Å². The summed E-state index contributed by atoms with van der Waals surface area (Å²) < 4.78 is 22.1. The number of ether oxygens (including phenoxy) is 4. The molecule has 0 aliphatic heterocycles. The maximum Gasteiger partial charge on any atom is 0.338 e. The monoisotopic (exact) mass is 1020 g/mol. The zero-order valence-corrected chi connectivity index (χ0v) is 42.2. The van der Waals surface area contributed by atoms with Crippen molar-refractivity contribution in [1.29, 1.82) is 0 Å². The standard InChI is InChI=1S/C59H72O15/c1-2-52(63)11-3-7-27-71-56(67)48-31-46(32-49(35-48)57(68)72-28-8-4-12-53(64)37-60)44-23-19-42(20-24-44)40-15-17-41(18-16-40)43-21-25-45(26-22-43)47-33-50(58(69)73-29-9-5-13-54(65)38-61)36-51(34-47)59(70)74-30-10-6-14-55(66)39-62/h15-26,31-36,52-55,60-66H,2-14,27-30,37-39H2,1H3. The second-order valence-electron chi connectivity index (χ2n) is 18.4. The summed E-state index contributed by atoms with van der Waals surface area (Å²) in [7, 11) is 0. The van der Waals surface area contributed by atoms with E-state index in [-0.39, 0.29) is 68.5 Å². The van der Waals surface area contributed by atoms with Gasteiger partial charge in [0, 0.05) is 0 Å². The van der Waals surface area contributed by atoms with Crippen LogP contribution in [0.25, 0.3) is 44.5 Å². The van der Waals surface area contributed by atoms with Gasteiger partial charge in [0.15, 0.2) is 0 Å². The molecule has 0 spiro atoms. The van der Waals surface area contributed by atoms with Crippen LogP contribution in [-0.2, 0) is 18.9 Å². The first-order chi connectivity index (χ1) is 35.8. The molecule has 0 amide bonds. The number of esters is 4. The molecule has 7 N–H and O–H groups in total. The number of aliphatic hydroxyl groups excluding tert-OH is 7. The lowest BCUT2D eigenvalue weighted by Crippen LogP contribution is -2.13. The average molecular weight is 1020 g/mol. The van der Waals surface area contributed by atoms with E-state index in [1.807, 2.05) is 79.7 Å². The lowest BCUT2D eigenvalue weighted by Gasteiger charge is -2.12. The van der Waals surface area contributed by atoms with Crippen molar-refractivity contribution in [2.45, 2.75) is 115 Å². The van der Waals surface area contributed by atoms with Gasteiger partial charge in [-0.1, -0.05) is 79.7 Å². The van der Waals surface area contributed by atoms with Gasteiger partial charge in [-0.2, -0.15) is 0 Å². The molecule has 15 heteroatoms. The van der Waals surface area contributed by atoms with E-state index in [2.05, 4.69) is 0 Å². The van der Waals surface area contributed by atoms with E-state index in [1.165, 1.54) is 12.1 Å². The molecule has 0 aliphatic rings. The number of hydrogen-bond donors (Lipinski definition) is 7. The lowest BCUT2D eigenvalue weighted by molar-refractivity contribution is 0.0465. The molecular weight excluding hydrogens is 949 g/mol. The highest BCUT2D eigenvalue weighted by molar-refractivity contribution is 5.99. The van der Waals surface area contributed by atoms with Gasteiger partial charge in [0.05, 0.1) is 92.9 Å². The summed E-state index contributed by atoms with van der Waals surface area (Å²) in [6, 6.07) is 33.0. The molecule has 4 unspecified atom stereocenters. The van der Waals surface area contributed by atoms with Gasteiger partial charge in [-0.05, 0) is 164 Å². The minimum atomic E-state index is -0.833. The molecule has 0 bridgehead atoms. The molecule has 0 radical (unpaired) electrons. The molecule has 0 aromatic heterocycles. The summed E-state index contributed by atoms with van der Waals surface area (Å²) in [5.74, 6) is -2.44. The fourth-order valence-corrected chi connectivity index (χ4v) is 8.02. The topological polar surface area (TPSA) is 247 Å². The molecule has 0 saturated heterocycles. The van der Waals surface area contributed by atoms with Crippen LogP contribution >= 0.6 is 0 Å². The van der Waals surface area contributed by atoms with Crippen LogP contribution in [0.3, 0.4) is 0 Å². The lowest BCUT2D eigenvalue weighted by atomic mass is 9.95. The predicted octanol–water partition coefficient (Wildman–Crippen LogP) is 8.49. The fourth-order valence-electron chi connectivity index (χ4n) is 8.02. The van der Waals surface area contributed by atoms with Crippen LogP contribution in [0, 0.1) is 0 Å². The Kier molecular flexibility index (Phi) is 24.9. The van der Waals surface area contributed by atoms with Gasteiger partial charge in [-0.25, -0.2) is 19.2 Å². The van der Waals surface area contributed by atoms with Gasteiger partial charge in [0.25, 0.3) is 0 Å². The maximum atomic E-state index is 13.3. The number of rotatable bonds is 32. The van der Waals surface area contributed by atoms with E-state index in [1.54, 1.807) is 24.3 Å². The minimum absolute atomic E-state index is 0.0887. The van der Waals surface area contributed by atoms with Crippen LogP contribution in [0.15, 0.2) is 109 Å². The van der Waals surface area contributed by atoms with Gasteiger partial charge < -0.3 is 54.7 Å². The Bertz CT molecular complexity index is 2230. The first-order valence-corrected chi connectivity index (χ1v) is 25.7. The van der Waals surface area contributed by atoms with Gasteiger partial charge in [0.2, 0.25) is 0 Å². The van der Waals surface area contributed by atoms with Crippen molar-refractivity contribution in [3.05, 3.63) is 131 Å². The van der Waals surface area contributed by atoms with Crippen molar-refractivity contribution in [1.82, 2.24) is 0 Å². The van der Waals surface area contributed by atoms with Crippen molar-refractivity contribution in [3.8, 4) is 44.5 Å². The molecule has 74 heavy (non-hydrogen) atoms. The number of unbranched alkanes of at least 4 members (excludes halogenated alkanes) is 4. The van der Waals surface area contributed by atoms with E-state index in [0.717, 1.165) is 33.4 Å². The summed E-state index contributed by atoms with van der Waals surface area (Å²) in [6.07, 6.45) is 3.89. The molecular formula is C59H72O15. The van der Waals surface area contributed by atoms with Crippen LogP contribution in [0.4, 0.5) is 0 Å². The zero-order chi connectivity index (χ0) is 53.2. The smallest absolute Gasteiger partial charge is 0.338 e. The van der Waals surface area contributed by atoms with Crippen LogP contribution in [0.2, 0.25) is 0 Å². The molecule has 5 aromatic carbocycles. The second kappa shape index (κ2) is 31.4. The van der Waals surface area contributed by atoms with Crippen LogP contribution < -0.4 is 0 Å². The van der Waals surface area contributed by atoms with Crippen LogP contribution in [-0.4, -0.2) is 130 Å². The third-order valence-corrected chi connectivity index (χ3v) is 12.6. The SMILES string of the molecule is CCC(O)CCCCOC(=O)c1cc(C(=O)OCCCCC(O)CO)cc(-c2ccc(-c3ccc(-c4ccc(-c5cc(C(=O)OCCCCC(O)CO)cc(C(=O)OCCCCC(O)CO)c5)cc4)cc3)cc2)c1. The largest absolute Gasteiger partial charge is 0.462 e. The molecule has 0 heterocycles. The third kappa shape index (κ3) is 19.2. The van der Waals surface area contributed by atoms with Crippen molar-refractivity contribution in [3.63, 3.8) is 0 Å². The van der Waals surface area contributed by atoms with Gasteiger partial charge >= 0.3 is 23.9 Å². The highest BCUT2D eigenvalue weighted by Crippen LogP contribution is 2.31. The highest BCUT2D eigenvalue weighted by Gasteiger charge is 2.19. The van der Waals surface area contributed by atoms with E-state index in [0.29, 0.717) is 94.6 Å². The fraction of sp³-hybridized carbons (Fsp3) is 0.424. The number of benzene rings is 5. The predicted molar refractivity (Wildman–Crippen MR) is 280 cm³/mol. The number of carbonyl (C=O) groups excluding carboxylic acids is 4. The molecule has 0 fully saturated rings. The highest BCUT2D eigenvalue weighted by atomic mass is 16.5. The molecule has 5 aromatic rings. The summed E-state index contributed by atoms with van der Waals surface area (Å²) in [5.41, 5.74) is 7.15. The van der Waals surface area contributed by atoms with Gasteiger partial charge in [-0.3, -0.25) is 0 Å². The number of hydrogen-bond acceptors (Lipinski definition) is 15. The van der Waals surface area contributed by atoms with Gasteiger partial charge in [-0.15, -0.1) is 0 Å². The van der Waals surface area contributed by atoms with E-state index >= 15 is 0 Å². The third-order valence-electron chi connectivity index (χ3n) is 12.6.